The quantitative estimate of drug-likeness (QED) is 0.393. The number of hydrogen-bond acceptors (Lipinski definition) is 5. The van der Waals surface area contributed by atoms with E-state index >= 15 is 0 Å². The van der Waals surface area contributed by atoms with Gasteiger partial charge in [-0.15, -0.1) is 0 Å². The number of amides is 1. The minimum atomic E-state index is -0.375. The van der Waals surface area contributed by atoms with Crippen molar-refractivity contribution in [1.82, 2.24) is 4.90 Å². The molecule has 0 saturated carbocycles. The zero-order valence-electron chi connectivity index (χ0n) is 23.9. The largest absolute Gasteiger partial charge is 0.381 e. The molecular formula is C31H49N5O. The number of hydrogen-bond donors (Lipinski definition) is 2. The number of piperidine rings is 1. The fourth-order valence-electron chi connectivity index (χ4n) is 5.05. The second-order valence-corrected chi connectivity index (χ2v) is 11.6. The summed E-state index contributed by atoms with van der Waals surface area (Å²) in [7, 11) is 4.12. The zero-order chi connectivity index (χ0) is 26.9. The number of nitrogens with one attached hydrogen (secondary N) is 1. The third-order valence-corrected chi connectivity index (χ3v) is 7.36. The highest BCUT2D eigenvalue weighted by atomic mass is 16.2. The van der Waals surface area contributed by atoms with Gasteiger partial charge in [-0.3, -0.25) is 4.79 Å². The number of nitrogens with two attached hydrogens (primary N) is 1. The lowest BCUT2D eigenvalue weighted by Crippen LogP contribution is -2.51. The normalized spacial score (nSPS) is 15.2. The van der Waals surface area contributed by atoms with Crippen molar-refractivity contribution >= 4 is 23.0 Å². The maximum atomic E-state index is 12.8. The van der Waals surface area contributed by atoms with E-state index in [-0.39, 0.29) is 11.9 Å². The van der Waals surface area contributed by atoms with Crippen molar-refractivity contribution in [2.75, 3.05) is 48.8 Å². The van der Waals surface area contributed by atoms with Gasteiger partial charge in [0, 0.05) is 63.4 Å². The number of carbonyl (C=O) groups is 1. The Kier molecular flexibility index (Phi) is 10.7. The van der Waals surface area contributed by atoms with Crippen LogP contribution in [0.2, 0.25) is 0 Å². The van der Waals surface area contributed by atoms with Crippen LogP contribution in [0.4, 0.5) is 17.1 Å². The molecule has 1 fully saturated rings. The van der Waals surface area contributed by atoms with Crippen molar-refractivity contribution in [2.24, 2.45) is 17.6 Å². The lowest BCUT2D eigenvalue weighted by Gasteiger charge is -2.41. The first-order valence-electron chi connectivity index (χ1n) is 14.0. The highest BCUT2D eigenvalue weighted by molar-refractivity contribution is 5.81. The molecule has 2 aromatic carbocycles. The maximum Gasteiger partial charge on any atom is 0.239 e. The minimum Gasteiger partial charge on any atom is -0.381 e. The molecule has 3 rings (SSSR count). The molecule has 0 aliphatic carbocycles. The number of nitrogens with zero attached hydrogens (tertiary/aromatic N) is 3. The van der Waals surface area contributed by atoms with Gasteiger partial charge >= 0.3 is 0 Å². The number of benzene rings is 2. The first-order chi connectivity index (χ1) is 17.6. The molecule has 0 radical (unpaired) electrons. The summed E-state index contributed by atoms with van der Waals surface area (Å²) in [4.78, 5) is 19.5. The Bertz CT molecular complexity index is 947. The molecule has 0 spiro atoms. The molecule has 0 bridgehead atoms. The molecule has 37 heavy (non-hydrogen) atoms. The Hall–Kier alpha value is -2.73. The molecule has 1 saturated heterocycles. The highest BCUT2D eigenvalue weighted by Crippen LogP contribution is 2.27. The van der Waals surface area contributed by atoms with Crippen LogP contribution in [0.25, 0.3) is 0 Å². The summed E-state index contributed by atoms with van der Waals surface area (Å²) in [5.41, 5.74) is 11.1. The first-order valence-corrected chi connectivity index (χ1v) is 14.0. The van der Waals surface area contributed by atoms with Crippen LogP contribution < -0.4 is 20.9 Å². The first kappa shape index (κ1) is 28.8. The topological polar surface area (TPSA) is 64.8 Å². The molecule has 3 N–H and O–H groups in total. The Morgan fingerprint density at radius 1 is 0.946 bits per heavy atom. The van der Waals surface area contributed by atoms with E-state index in [0.717, 1.165) is 57.5 Å². The summed E-state index contributed by atoms with van der Waals surface area (Å²) in [6.07, 6.45) is 3.88. The van der Waals surface area contributed by atoms with Crippen molar-refractivity contribution < 1.29 is 4.79 Å². The van der Waals surface area contributed by atoms with Crippen LogP contribution in [0.1, 0.15) is 58.9 Å². The van der Waals surface area contributed by atoms with Gasteiger partial charge < -0.3 is 25.8 Å². The molecule has 6 nitrogen and oxygen atoms in total. The SMILES string of the molecule is CC(C)CCN(c1ccc(NCc2ccc(N(C)C)cc2)cc1)C1CCN(C(=O)C(N)CC(C)C)CC1. The van der Waals surface area contributed by atoms with Crippen LogP contribution in [0.5, 0.6) is 0 Å². The molecule has 2 aromatic rings. The molecule has 1 aliphatic rings. The average molecular weight is 508 g/mol. The second-order valence-electron chi connectivity index (χ2n) is 11.6. The van der Waals surface area contributed by atoms with Gasteiger partial charge in [0.1, 0.15) is 0 Å². The van der Waals surface area contributed by atoms with Gasteiger partial charge in [-0.25, -0.2) is 0 Å². The molecule has 6 heteroatoms. The van der Waals surface area contributed by atoms with Gasteiger partial charge in [0.2, 0.25) is 5.91 Å². The third kappa shape index (κ3) is 8.67. The Morgan fingerprint density at radius 2 is 1.54 bits per heavy atom. The van der Waals surface area contributed by atoms with E-state index in [0.29, 0.717) is 17.9 Å². The Balaban J connectivity index is 1.60. The molecule has 1 amide bonds. The van der Waals surface area contributed by atoms with E-state index in [4.69, 9.17) is 5.73 Å². The predicted molar refractivity (Wildman–Crippen MR) is 158 cm³/mol. The lowest BCUT2D eigenvalue weighted by atomic mass is 9.98. The minimum absolute atomic E-state index is 0.118. The standard InChI is InChI=1S/C31H49N5O/c1-23(2)15-20-36(29-16-18-35(19-17-29)31(37)30(32)21-24(3)4)28-13-9-26(10-14-28)33-22-25-7-11-27(12-8-25)34(5)6/h7-14,23-24,29-30,33H,15-22,32H2,1-6H3. The van der Waals surface area contributed by atoms with E-state index in [2.05, 4.69) is 105 Å². The third-order valence-electron chi connectivity index (χ3n) is 7.36. The van der Waals surface area contributed by atoms with Crippen LogP contribution in [-0.4, -0.2) is 56.6 Å². The van der Waals surface area contributed by atoms with Crippen LogP contribution in [0, 0.1) is 11.8 Å². The molecule has 1 unspecified atom stereocenters. The van der Waals surface area contributed by atoms with E-state index in [9.17, 15) is 4.79 Å². The molecule has 1 atom stereocenters. The average Bonchev–Trinajstić information content (AvgIpc) is 2.88. The number of likely N-dealkylation sites (tertiary alicyclic amines) is 1. The molecule has 1 heterocycles. The monoisotopic (exact) mass is 507 g/mol. The van der Waals surface area contributed by atoms with Gasteiger partial charge in [0.25, 0.3) is 0 Å². The van der Waals surface area contributed by atoms with Crippen molar-refractivity contribution in [3.8, 4) is 0 Å². The Labute approximate surface area is 225 Å². The van der Waals surface area contributed by atoms with Crippen LogP contribution >= 0.6 is 0 Å². The maximum absolute atomic E-state index is 12.8. The lowest BCUT2D eigenvalue weighted by molar-refractivity contribution is -0.134. The van der Waals surface area contributed by atoms with Gasteiger partial charge in [0.15, 0.2) is 0 Å². The summed E-state index contributed by atoms with van der Waals surface area (Å²) in [5.74, 6) is 1.20. The summed E-state index contributed by atoms with van der Waals surface area (Å²) < 4.78 is 0. The van der Waals surface area contributed by atoms with Crippen LogP contribution in [0.3, 0.4) is 0 Å². The zero-order valence-corrected chi connectivity index (χ0v) is 23.9. The molecular weight excluding hydrogens is 458 g/mol. The van der Waals surface area contributed by atoms with Crippen LogP contribution in [0.15, 0.2) is 48.5 Å². The summed E-state index contributed by atoms with van der Waals surface area (Å²) in [6, 6.07) is 17.6. The smallest absolute Gasteiger partial charge is 0.239 e. The molecule has 0 aromatic heterocycles. The van der Waals surface area contributed by atoms with Gasteiger partial charge in [0.05, 0.1) is 6.04 Å². The van der Waals surface area contributed by atoms with Gasteiger partial charge in [-0.2, -0.15) is 0 Å². The van der Waals surface area contributed by atoms with Crippen molar-refractivity contribution in [3.05, 3.63) is 54.1 Å². The van der Waals surface area contributed by atoms with E-state index in [1.165, 1.54) is 16.9 Å². The van der Waals surface area contributed by atoms with Crippen molar-refractivity contribution in [2.45, 2.75) is 72.0 Å². The van der Waals surface area contributed by atoms with Crippen LogP contribution in [-0.2, 0) is 11.3 Å². The van der Waals surface area contributed by atoms with E-state index < -0.39 is 0 Å². The van der Waals surface area contributed by atoms with E-state index in [1.54, 1.807) is 0 Å². The second kappa shape index (κ2) is 13.7. The predicted octanol–water partition coefficient (Wildman–Crippen LogP) is 5.58. The Morgan fingerprint density at radius 3 is 2.08 bits per heavy atom. The van der Waals surface area contributed by atoms with Crippen molar-refractivity contribution in [3.63, 3.8) is 0 Å². The molecule has 204 valence electrons. The van der Waals surface area contributed by atoms with Gasteiger partial charge in [-0.1, -0.05) is 39.8 Å². The fourth-order valence-corrected chi connectivity index (χ4v) is 5.05. The number of carbonyl (C=O) groups excluding carboxylic acids is 1. The van der Waals surface area contributed by atoms with Gasteiger partial charge in [-0.05, 0) is 79.5 Å². The number of rotatable bonds is 12. The summed E-state index contributed by atoms with van der Waals surface area (Å²) >= 11 is 0. The number of anilines is 3. The highest BCUT2D eigenvalue weighted by Gasteiger charge is 2.29. The summed E-state index contributed by atoms with van der Waals surface area (Å²) in [6.45, 7) is 12.2. The van der Waals surface area contributed by atoms with E-state index in [1.807, 2.05) is 4.90 Å². The summed E-state index contributed by atoms with van der Waals surface area (Å²) in [5, 5.41) is 3.56. The molecule has 1 aliphatic heterocycles. The fraction of sp³-hybridized carbons (Fsp3) is 0.581. The van der Waals surface area contributed by atoms with Crippen molar-refractivity contribution in [1.29, 1.82) is 0 Å².